The van der Waals surface area contributed by atoms with Crippen LogP contribution in [0.25, 0.3) is 0 Å². The SMILES string of the molecule is Cc1cc(C)c([N+](=O)[O-])cc1OC1(CC(=O)O)CCC1. The molecule has 0 atom stereocenters. The van der Waals surface area contributed by atoms with Crippen LogP contribution in [-0.2, 0) is 4.79 Å². The lowest BCUT2D eigenvalue weighted by Gasteiger charge is -2.41. The molecule has 0 heterocycles. The molecule has 0 saturated heterocycles. The molecule has 0 amide bonds. The molecule has 1 aliphatic carbocycles. The fourth-order valence-corrected chi connectivity index (χ4v) is 2.52. The first-order valence-electron chi connectivity index (χ1n) is 6.49. The second-order valence-electron chi connectivity index (χ2n) is 5.37. The molecule has 0 radical (unpaired) electrons. The van der Waals surface area contributed by atoms with Gasteiger partial charge in [-0.3, -0.25) is 14.9 Å². The summed E-state index contributed by atoms with van der Waals surface area (Å²) in [6, 6.07) is 3.09. The Labute approximate surface area is 116 Å². The smallest absolute Gasteiger partial charge is 0.307 e. The van der Waals surface area contributed by atoms with Gasteiger partial charge in [-0.05, 0) is 44.7 Å². The Bertz CT molecular complexity index is 563. The molecule has 20 heavy (non-hydrogen) atoms. The van der Waals surface area contributed by atoms with E-state index in [4.69, 9.17) is 9.84 Å². The second-order valence-corrected chi connectivity index (χ2v) is 5.37. The number of benzene rings is 1. The van der Waals surface area contributed by atoms with Crippen molar-refractivity contribution in [2.45, 2.75) is 45.1 Å². The van der Waals surface area contributed by atoms with Crippen LogP contribution in [0, 0.1) is 24.0 Å². The quantitative estimate of drug-likeness (QED) is 0.661. The van der Waals surface area contributed by atoms with Crippen LogP contribution in [0.15, 0.2) is 12.1 Å². The largest absolute Gasteiger partial charge is 0.486 e. The van der Waals surface area contributed by atoms with Gasteiger partial charge in [-0.2, -0.15) is 0 Å². The number of rotatable bonds is 5. The maximum Gasteiger partial charge on any atom is 0.307 e. The van der Waals surface area contributed by atoms with Crippen molar-refractivity contribution in [1.29, 1.82) is 0 Å². The summed E-state index contributed by atoms with van der Waals surface area (Å²) in [5.74, 6) is -0.507. The fraction of sp³-hybridized carbons (Fsp3) is 0.500. The molecule has 0 unspecified atom stereocenters. The standard InChI is InChI=1S/C14H17NO5/c1-9-6-10(2)12(7-11(9)15(18)19)20-14(4-3-5-14)8-13(16)17/h6-7H,3-5,8H2,1-2H3,(H,16,17). The molecule has 0 spiro atoms. The number of carboxylic acids is 1. The van der Waals surface area contributed by atoms with E-state index in [0.29, 0.717) is 24.2 Å². The van der Waals surface area contributed by atoms with E-state index in [1.165, 1.54) is 6.07 Å². The van der Waals surface area contributed by atoms with Crippen molar-refractivity contribution in [3.63, 3.8) is 0 Å². The molecule has 6 heteroatoms. The topological polar surface area (TPSA) is 89.7 Å². The van der Waals surface area contributed by atoms with E-state index in [9.17, 15) is 14.9 Å². The third kappa shape index (κ3) is 2.74. The number of carbonyl (C=O) groups is 1. The van der Waals surface area contributed by atoms with Crippen molar-refractivity contribution < 1.29 is 19.6 Å². The lowest BCUT2D eigenvalue weighted by atomic mass is 9.77. The van der Waals surface area contributed by atoms with Gasteiger partial charge in [0.25, 0.3) is 5.69 Å². The maximum absolute atomic E-state index is 11.0. The van der Waals surface area contributed by atoms with Gasteiger partial charge in [0, 0.05) is 5.56 Å². The van der Waals surface area contributed by atoms with Crippen LogP contribution in [-0.4, -0.2) is 21.6 Å². The van der Waals surface area contributed by atoms with Crippen molar-refractivity contribution in [1.82, 2.24) is 0 Å². The summed E-state index contributed by atoms with van der Waals surface area (Å²) in [5.41, 5.74) is 0.639. The zero-order valence-electron chi connectivity index (χ0n) is 11.5. The first-order chi connectivity index (χ1) is 9.33. The molecule has 0 aliphatic heterocycles. The minimum absolute atomic E-state index is 0.00426. The summed E-state index contributed by atoms with van der Waals surface area (Å²) in [4.78, 5) is 21.4. The normalized spacial score (nSPS) is 16.3. The third-order valence-corrected chi connectivity index (χ3v) is 3.75. The Morgan fingerprint density at radius 2 is 2.05 bits per heavy atom. The summed E-state index contributed by atoms with van der Waals surface area (Å²) in [6.07, 6.45) is 2.18. The van der Waals surface area contributed by atoms with Crippen LogP contribution in [0.5, 0.6) is 5.75 Å². The van der Waals surface area contributed by atoms with Gasteiger partial charge in [0.05, 0.1) is 17.4 Å². The zero-order valence-corrected chi connectivity index (χ0v) is 11.5. The molecule has 1 fully saturated rings. The van der Waals surface area contributed by atoms with Gasteiger partial charge >= 0.3 is 5.97 Å². The average Bonchev–Trinajstić information content (AvgIpc) is 2.28. The minimum Gasteiger partial charge on any atom is -0.486 e. The number of hydrogen-bond donors (Lipinski definition) is 1. The molecule has 6 nitrogen and oxygen atoms in total. The predicted octanol–water partition coefficient (Wildman–Crippen LogP) is 2.99. The van der Waals surface area contributed by atoms with Gasteiger partial charge in [0.1, 0.15) is 11.4 Å². The van der Waals surface area contributed by atoms with Gasteiger partial charge in [0.15, 0.2) is 0 Å². The molecule has 1 saturated carbocycles. The Morgan fingerprint density at radius 1 is 1.40 bits per heavy atom. The van der Waals surface area contributed by atoms with E-state index in [1.807, 2.05) is 0 Å². The van der Waals surface area contributed by atoms with E-state index in [1.54, 1.807) is 19.9 Å². The van der Waals surface area contributed by atoms with Gasteiger partial charge < -0.3 is 9.84 Å². The average molecular weight is 279 g/mol. The first-order valence-corrected chi connectivity index (χ1v) is 6.49. The summed E-state index contributed by atoms with van der Waals surface area (Å²) in [5, 5.41) is 19.9. The Kier molecular flexibility index (Phi) is 3.65. The Morgan fingerprint density at radius 3 is 2.50 bits per heavy atom. The lowest BCUT2D eigenvalue weighted by Crippen LogP contribution is -2.45. The van der Waals surface area contributed by atoms with Crippen molar-refractivity contribution >= 4 is 11.7 Å². The monoisotopic (exact) mass is 279 g/mol. The van der Waals surface area contributed by atoms with Gasteiger partial charge in [-0.1, -0.05) is 0 Å². The van der Waals surface area contributed by atoms with Crippen LogP contribution in [0.1, 0.15) is 36.8 Å². The third-order valence-electron chi connectivity index (χ3n) is 3.75. The second kappa shape index (κ2) is 5.11. The molecular formula is C14H17NO5. The Hall–Kier alpha value is -2.11. The number of carboxylic acid groups (broad SMARTS) is 1. The van der Waals surface area contributed by atoms with Crippen molar-refractivity contribution in [3.8, 4) is 5.75 Å². The summed E-state index contributed by atoms with van der Waals surface area (Å²) < 4.78 is 5.84. The number of aryl methyl sites for hydroxylation is 2. The molecule has 0 bridgehead atoms. The van der Waals surface area contributed by atoms with Crippen molar-refractivity contribution in [3.05, 3.63) is 33.4 Å². The van der Waals surface area contributed by atoms with E-state index >= 15 is 0 Å². The summed E-state index contributed by atoms with van der Waals surface area (Å²) in [6.45, 7) is 3.48. The molecule has 108 valence electrons. The highest BCUT2D eigenvalue weighted by Gasteiger charge is 2.42. The maximum atomic E-state index is 11.0. The number of nitro groups is 1. The number of nitrogens with zero attached hydrogens (tertiary/aromatic N) is 1. The minimum atomic E-state index is -0.913. The first kappa shape index (κ1) is 14.3. The molecule has 2 rings (SSSR count). The zero-order chi connectivity index (χ0) is 14.9. The van der Waals surface area contributed by atoms with E-state index < -0.39 is 16.5 Å². The summed E-state index contributed by atoms with van der Waals surface area (Å²) in [7, 11) is 0. The van der Waals surface area contributed by atoms with Crippen molar-refractivity contribution in [2.75, 3.05) is 0 Å². The van der Waals surface area contributed by atoms with E-state index in [2.05, 4.69) is 0 Å². The van der Waals surface area contributed by atoms with Crippen LogP contribution in [0.3, 0.4) is 0 Å². The highest BCUT2D eigenvalue weighted by molar-refractivity contribution is 5.68. The molecule has 1 aromatic rings. The van der Waals surface area contributed by atoms with Crippen LogP contribution in [0.4, 0.5) is 5.69 Å². The number of ether oxygens (including phenoxy) is 1. The highest BCUT2D eigenvalue weighted by atomic mass is 16.6. The molecular weight excluding hydrogens is 262 g/mol. The number of aliphatic carboxylic acids is 1. The van der Waals surface area contributed by atoms with Crippen molar-refractivity contribution in [2.24, 2.45) is 0 Å². The van der Waals surface area contributed by atoms with Crippen LogP contribution >= 0.6 is 0 Å². The molecule has 1 aliphatic rings. The van der Waals surface area contributed by atoms with Gasteiger partial charge in [0.2, 0.25) is 0 Å². The molecule has 1 aromatic carbocycles. The lowest BCUT2D eigenvalue weighted by molar-refractivity contribution is -0.385. The number of hydrogen-bond acceptors (Lipinski definition) is 4. The number of nitro benzene ring substituents is 1. The summed E-state index contributed by atoms with van der Waals surface area (Å²) >= 11 is 0. The van der Waals surface area contributed by atoms with Crippen LogP contribution < -0.4 is 4.74 Å². The fourth-order valence-electron chi connectivity index (χ4n) is 2.52. The predicted molar refractivity (Wildman–Crippen MR) is 72.0 cm³/mol. The van der Waals surface area contributed by atoms with E-state index in [-0.39, 0.29) is 12.1 Å². The Balaban J connectivity index is 2.30. The van der Waals surface area contributed by atoms with Gasteiger partial charge in [-0.25, -0.2) is 0 Å². The van der Waals surface area contributed by atoms with E-state index in [0.717, 1.165) is 12.0 Å². The highest BCUT2D eigenvalue weighted by Crippen LogP contribution is 2.41. The molecule has 1 N–H and O–H groups in total. The van der Waals surface area contributed by atoms with Crippen LogP contribution in [0.2, 0.25) is 0 Å². The van der Waals surface area contributed by atoms with Gasteiger partial charge in [-0.15, -0.1) is 0 Å². The molecule has 0 aromatic heterocycles.